The van der Waals surface area contributed by atoms with Crippen LogP contribution < -0.4 is 5.32 Å². The van der Waals surface area contributed by atoms with Crippen LogP contribution >= 0.6 is 0 Å². The molecule has 1 aliphatic rings. The van der Waals surface area contributed by atoms with Gasteiger partial charge in [0.25, 0.3) is 0 Å². The highest BCUT2D eigenvalue weighted by Gasteiger charge is 2.32. The minimum atomic E-state index is -0.391. The highest BCUT2D eigenvalue weighted by atomic mass is 16.7. The third kappa shape index (κ3) is 5.28. The molecule has 3 heteroatoms. The Morgan fingerprint density at radius 1 is 1.38 bits per heavy atom. The molecule has 96 valence electrons. The van der Waals surface area contributed by atoms with Gasteiger partial charge in [0.05, 0.1) is 12.7 Å². The number of nitrogens with one attached hydrogen (secondary N) is 1. The summed E-state index contributed by atoms with van der Waals surface area (Å²) in [4.78, 5) is 0. The fourth-order valence-corrected chi connectivity index (χ4v) is 2.00. The van der Waals surface area contributed by atoms with Gasteiger partial charge in [-0.25, -0.2) is 0 Å². The highest BCUT2D eigenvalue weighted by Crippen LogP contribution is 2.21. The molecule has 1 heterocycles. The molecule has 1 N–H and O–H groups in total. The molecule has 0 aliphatic carbocycles. The smallest absolute Gasteiger partial charge is 0.163 e. The van der Waals surface area contributed by atoms with Crippen LogP contribution in [-0.2, 0) is 9.47 Å². The molecular formula is C13H27NO2. The SMILES string of the molecule is CCCCCC(C)NCC1COC(C)(C)O1. The monoisotopic (exact) mass is 229 g/mol. The molecule has 1 fully saturated rings. The predicted octanol–water partition coefficient (Wildman–Crippen LogP) is 2.70. The lowest BCUT2D eigenvalue weighted by Gasteiger charge is -2.19. The van der Waals surface area contributed by atoms with E-state index in [9.17, 15) is 0 Å². The van der Waals surface area contributed by atoms with Crippen LogP contribution in [0.1, 0.15) is 53.4 Å². The quantitative estimate of drug-likeness (QED) is 0.681. The lowest BCUT2D eigenvalue weighted by molar-refractivity contribution is -0.137. The first kappa shape index (κ1) is 13.9. The Labute approximate surface area is 99.9 Å². The van der Waals surface area contributed by atoms with Crippen molar-refractivity contribution in [3.63, 3.8) is 0 Å². The van der Waals surface area contributed by atoms with E-state index >= 15 is 0 Å². The van der Waals surface area contributed by atoms with Crippen LogP contribution in [0.5, 0.6) is 0 Å². The Morgan fingerprint density at radius 3 is 2.69 bits per heavy atom. The molecule has 0 radical (unpaired) electrons. The molecular weight excluding hydrogens is 202 g/mol. The average molecular weight is 229 g/mol. The summed E-state index contributed by atoms with van der Waals surface area (Å²) in [7, 11) is 0. The first-order valence-corrected chi connectivity index (χ1v) is 6.58. The van der Waals surface area contributed by atoms with Crippen molar-refractivity contribution in [3.05, 3.63) is 0 Å². The van der Waals surface area contributed by atoms with Crippen molar-refractivity contribution in [1.82, 2.24) is 5.32 Å². The summed E-state index contributed by atoms with van der Waals surface area (Å²) in [5.41, 5.74) is 0. The molecule has 16 heavy (non-hydrogen) atoms. The maximum absolute atomic E-state index is 5.74. The summed E-state index contributed by atoms with van der Waals surface area (Å²) in [6.07, 6.45) is 5.41. The van der Waals surface area contributed by atoms with Gasteiger partial charge >= 0.3 is 0 Å². The van der Waals surface area contributed by atoms with Gasteiger partial charge in [-0.3, -0.25) is 0 Å². The number of ether oxygens (including phenoxy) is 2. The van der Waals surface area contributed by atoms with Crippen molar-refractivity contribution in [1.29, 1.82) is 0 Å². The molecule has 0 aromatic rings. The van der Waals surface area contributed by atoms with Gasteiger partial charge in [-0.1, -0.05) is 26.2 Å². The summed E-state index contributed by atoms with van der Waals surface area (Å²) >= 11 is 0. The first-order valence-electron chi connectivity index (χ1n) is 6.58. The van der Waals surface area contributed by atoms with E-state index in [-0.39, 0.29) is 6.10 Å². The van der Waals surface area contributed by atoms with Crippen LogP contribution in [0, 0.1) is 0 Å². The maximum atomic E-state index is 5.74. The van der Waals surface area contributed by atoms with E-state index in [1.54, 1.807) is 0 Å². The Balaban J connectivity index is 2.06. The number of unbranched alkanes of at least 4 members (excludes halogenated alkanes) is 2. The zero-order chi connectivity index (χ0) is 12.0. The lowest BCUT2D eigenvalue weighted by Crippen LogP contribution is -2.35. The Kier molecular flexibility index (Phi) is 5.73. The molecule has 0 spiro atoms. The predicted molar refractivity (Wildman–Crippen MR) is 66.5 cm³/mol. The van der Waals surface area contributed by atoms with Crippen molar-refractivity contribution in [2.24, 2.45) is 0 Å². The third-order valence-corrected chi connectivity index (χ3v) is 3.00. The Hall–Kier alpha value is -0.120. The molecule has 2 unspecified atom stereocenters. The number of hydrogen-bond acceptors (Lipinski definition) is 3. The van der Waals surface area contributed by atoms with Crippen molar-refractivity contribution in [3.8, 4) is 0 Å². The van der Waals surface area contributed by atoms with E-state index in [0.717, 1.165) is 6.54 Å². The van der Waals surface area contributed by atoms with Crippen molar-refractivity contribution in [2.75, 3.05) is 13.2 Å². The fourth-order valence-electron chi connectivity index (χ4n) is 2.00. The van der Waals surface area contributed by atoms with Gasteiger partial charge in [0.1, 0.15) is 0 Å². The summed E-state index contributed by atoms with van der Waals surface area (Å²) in [5, 5.41) is 3.52. The number of hydrogen-bond donors (Lipinski definition) is 1. The fraction of sp³-hybridized carbons (Fsp3) is 1.00. The first-order chi connectivity index (χ1) is 7.53. The summed E-state index contributed by atoms with van der Waals surface area (Å²) in [5.74, 6) is -0.391. The van der Waals surface area contributed by atoms with E-state index in [4.69, 9.17) is 9.47 Å². The van der Waals surface area contributed by atoms with E-state index in [1.165, 1.54) is 25.7 Å². The minimum absolute atomic E-state index is 0.212. The highest BCUT2D eigenvalue weighted by molar-refractivity contribution is 4.74. The third-order valence-electron chi connectivity index (χ3n) is 3.00. The second kappa shape index (κ2) is 6.58. The molecule has 1 saturated heterocycles. The molecule has 2 atom stereocenters. The van der Waals surface area contributed by atoms with Crippen molar-refractivity contribution < 1.29 is 9.47 Å². The van der Waals surface area contributed by atoms with Crippen LogP contribution in [0.2, 0.25) is 0 Å². The van der Waals surface area contributed by atoms with E-state index in [1.807, 2.05) is 13.8 Å². The lowest BCUT2D eigenvalue weighted by atomic mass is 10.1. The summed E-state index contributed by atoms with van der Waals surface area (Å²) in [6.45, 7) is 10.0. The second-order valence-electron chi connectivity index (χ2n) is 5.26. The summed E-state index contributed by atoms with van der Waals surface area (Å²) in [6, 6.07) is 0.582. The molecule has 1 aliphatic heterocycles. The van der Waals surface area contributed by atoms with Gasteiger partial charge in [-0.2, -0.15) is 0 Å². The van der Waals surface area contributed by atoms with Crippen LogP contribution in [0.3, 0.4) is 0 Å². The van der Waals surface area contributed by atoms with Gasteiger partial charge in [-0.15, -0.1) is 0 Å². The topological polar surface area (TPSA) is 30.5 Å². The molecule has 1 rings (SSSR count). The molecule has 3 nitrogen and oxygen atoms in total. The van der Waals surface area contributed by atoms with Crippen LogP contribution in [-0.4, -0.2) is 31.1 Å². The zero-order valence-electron chi connectivity index (χ0n) is 11.2. The standard InChI is InChI=1S/C13H27NO2/c1-5-6-7-8-11(2)14-9-12-10-15-13(3,4)16-12/h11-12,14H,5-10H2,1-4H3. The maximum Gasteiger partial charge on any atom is 0.163 e. The zero-order valence-corrected chi connectivity index (χ0v) is 11.2. The Morgan fingerprint density at radius 2 is 2.12 bits per heavy atom. The van der Waals surface area contributed by atoms with Gasteiger partial charge in [-0.05, 0) is 27.2 Å². The van der Waals surface area contributed by atoms with E-state index in [2.05, 4.69) is 19.2 Å². The second-order valence-corrected chi connectivity index (χ2v) is 5.26. The van der Waals surface area contributed by atoms with Gasteiger partial charge in [0, 0.05) is 12.6 Å². The average Bonchev–Trinajstić information content (AvgIpc) is 2.56. The molecule has 0 saturated carbocycles. The summed E-state index contributed by atoms with van der Waals surface area (Å²) < 4.78 is 11.3. The molecule has 0 bridgehead atoms. The van der Waals surface area contributed by atoms with E-state index in [0.29, 0.717) is 12.6 Å². The minimum Gasteiger partial charge on any atom is -0.348 e. The van der Waals surface area contributed by atoms with Crippen LogP contribution in [0.15, 0.2) is 0 Å². The number of rotatable bonds is 7. The van der Waals surface area contributed by atoms with Crippen LogP contribution in [0.25, 0.3) is 0 Å². The van der Waals surface area contributed by atoms with Crippen molar-refractivity contribution in [2.45, 2.75) is 71.3 Å². The van der Waals surface area contributed by atoms with E-state index < -0.39 is 5.79 Å². The normalized spacial score (nSPS) is 25.9. The van der Waals surface area contributed by atoms with Gasteiger partial charge < -0.3 is 14.8 Å². The van der Waals surface area contributed by atoms with Gasteiger partial charge in [0.2, 0.25) is 0 Å². The molecule has 0 aromatic carbocycles. The largest absolute Gasteiger partial charge is 0.348 e. The van der Waals surface area contributed by atoms with Crippen LogP contribution in [0.4, 0.5) is 0 Å². The molecule has 0 aromatic heterocycles. The molecule has 0 amide bonds. The Bertz CT molecular complexity index is 194. The van der Waals surface area contributed by atoms with Crippen molar-refractivity contribution >= 4 is 0 Å². The van der Waals surface area contributed by atoms with Gasteiger partial charge in [0.15, 0.2) is 5.79 Å².